The number of carbonyl (C=O) groups is 1. The average molecular weight is 339 g/mol. The Balaban J connectivity index is 2.08. The second-order valence-electron chi connectivity index (χ2n) is 3.93. The number of amides is 1. The molecular formula is C11H7Cl2F3N4O. The predicted molar refractivity (Wildman–Crippen MR) is 70.1 cm³/mol. The van der Waals surface area contributed by atoms with E-state index in [4.69, 9.17) is 23.2 Å². The van der Waals surface area contributed by atoms with Crippen molar-refractivity contribution in [3.8, 4) is 0 Å². The molecule has 112 valence electrons. The molecule has 2 aromatic rings. The second kappa shape index (κ2) is 5.90. The Morgan fingerprint density at radius 3 is 2.62 bits per heavy atom. The molecule has 0 spiro atoms. The maximum atomic E-state index is 12.5. The highest BCUT2D eigenvalue weighted by Crippen LogP contribution is 2.30. The normalized spacial score (nSPS) is 11.5. The van der Waals surface area contributed by atoms with E-state index in [0.29, 0.717) is 0 Å². The number of carbonyl (C=O) groups excluding carboxylic acids is 1. The first kappa shape index (κ1) is 15.6. The van der Waals surface area contributed by atoms with Crippen LogP contribution in [0.1, 0.15) is 5.56 Å². The molecular weight excluding hydrogens is 332 g/mol. The van der Waals surface area contributed by atoms with Gasteiger partial charge in [0.1, 0.15) is 6.54 Å². The van der Waals surface area contributed by atoms with Crippen LogP contribution in [0.2, 0.25) is 10.6 Å². The number of hydrogen-bond donors (Lipinski definition) is 1. The van der Waals surface area contributed by atoms with Gasteiger partial charge < -0.3 is 5.32 Å². The average Bonchev–Trinajstić information content (AvgIpc) is 2.67. The van der Waals surface area contributed by atoms with Crippen molar-refractivity contribution in [3.63, 3.8) is 0 Å². The van der Waals surface area contributed by atoms with Crippen LogP contribution in [0.3, 0.4) is 0 Å². The molecule has 0 aliphatic rings. The lowest BCUT2D eigenvalue weighted by molar-refractivity contribution is -0.137. The first-order valence-electron chi connectivity index (χ1n) is 5.48. The van der Waals surface area contributed by atoms with E-state index in [2.05, 4.69) is 15.4 Å². The number of aromatic nitrogens is 3. The van der Waals surface area contributed by atoms with Crippen molar-refractivity contribution < 1.29 is 18.0 Å². The van der Waals surface area contributed by atoms with Crippen LogP contribution in [0.25, 0.3) is 0 Å². The fourth-order valence-corrected chi connectivity index (χ4v) is 1.90. The lowest BCUT2D eigenvalue weighted by Gasteiger charge is -2.10. The molecule has 1 aromatic heterocycles. The number of anilines is 1. The molecule has 0 atom stereocenters. The Morgan fingerprint density at radius 1 is 1.33 bits per heavy atom. The zero-order valence-electron chi connectivity index (χ0n) is 10.2. The molecule has 0 aliphatic heterocycles. The van der Waals surface area contributed by atoms with Crippen molar-refractivity contribution in [2.75, 3.05) is 5.32 Å². The third-order valence-electron chi connectivity index (χ3n) is 2.37. The van der Waals surface area contributed by atoms with E-state index in [9.17, 15) is 18.0 Å². The van der Waals surface area contributed by atoms with Crippen LogP contribution in [0.15, 0.2) is 24.3 Å². The van der Waals surface area contributed by atoms with Gasteiger partial charge in [0, 0.05) is 5.69 Å². The number of benzene rings is 1. The van der Waals surface area contributed by atoms with E-state index < -0.39 is 17.6 Å². The van der Waals surface area contributed by atoms with Crippen LogP contribution in [-0.4, -0.2) is 20.7 Å². The minimum atomic E-state index is -4.48. The van der Waals surface area contributed by atoms with Gasteiger partial charge in [-0.05, 0) is 41.4 Å². The summed E-state index contributed by atoms with van der Waals surface area (Å²) in [5.74, 6) is -0.613. The first-order valence-corrected chi connectivity index (χ1v) is 6.24. The fourth-order valence-electron chi connectivity index (χ4n) is 1.51. The van der Waals surface area contributed by atoms with E-state index in [1.54, 1.807) is 0 Å². The molecule has 0 unspecified atom stereocenters. The van der Waals surface area contributed by atoms with Gasteiger partial charge in [0.2, 0.25) is 16.5 Å². The Labute approximate surface area is 126 Å². The number of nitrogens with zero attached hydrogens (tertiary/aromatic N) is 3. The van der Waals surface area contributed by atoms with Crippen molar-refractivity contribution in [2.45, 2.75) is 12.7 Å². The largest absolute Gasteiger partial charge is 0.416 e. The van der Waals surface area contributed by atoms with Gasteiger partial charge in [-0.2, -0.15) is 18.2 Å². The first-order chi connectivity index (χ1) is 9.75. The quantitative estimate of drug-likeness (QED) is 0.934. The summed E-state index contributed by atoms with van der Waals surface area (Å²) in [6.07, 6.45) is -4.48. The Bertz CT molecular complexity index is 672. The van der Waals surface area contributed by atoms with Gasteiger partial charge in [-0.25, -0.2) is 4.68 Å². The number of halogens is 5. The van der Waals surface area contributed by atoms with E-state index >= 15 is 0 Å². The number of rotatable bonds is 3. The molecule has 0 saturated heterocycles. The predicted octanol–water partition coefficient (Wildman–Crippen LogP) is 3.24. The van der Waals surface area contributed by atoms with Crippen molar-refractivity contribution >= 4 is 34.8 Å². The maximum Gasteiger partial charge on any atom is 0.416 e. The van der Waals surface area contributed by atoms with Crippen molar-refractivity contribution in [1.29, 1.82) is 0 Å². The Hall–Kier alpha value is -1.80. The SMILES string of the molecule is O=C(Cn1nc(Cl)nc1Cl)Nc1cccc(C(F)(F)F)c1. The zero-order chi connectivity index (χ0) is 15.6. The van der Waals surface area contributed by atoms with Crippen molar-refractivity contribution in [1.82, 2.24) is 14.8 Å². The molecule has 2 rings (SSSR count). The molecule has 1 amide bonds. The van der Waals surface area contributed by atoms with Gasteiger partial charge in [-0.15, -0.1) is 5.10 Å². The van der Waals surface area contributed by atoms with Crippen molar-refractivity contribution in [2.24, 2.45) is 0 Å². The maximum absolute atomic E-state index is 12.5. The number of alkyl halides is 3. The highest BCUT2D eigenvalue weighted by molar-refractivity contribution is 6.31. The molecule has 1 aromatic carbocycles. The molecule has 10 heteroatoms. The fraction of sp³-hybridized carbons (Fsp3) is 0.182. The van der Waals surface area contributed by atoms with Crippen LogP contribution >= 0.6 is 23.2 Å². The van der Waals surface area contributed by atoms with Crippen LogP contribution in [0.4, 0.5) is 18.9 Å². The summed E-state index contributed by atoms with van der Waals surface area (Å²) >= 11 is 11.1. The summed E-state index contributed by atoms with van der Waals surface area (Å²) in [6, 6.07) is 4.26. The van der Waals surface area contributed by atoms with Gasteiger partial charge in [-0.1, -0.05) is 6.07 Å². The van der Waals surface area contributed by atoms with Crippen LogP contribution < -0.4 is 5.32 Å². The van der Waals surface area contributed by atoms with Gasteiger partial charge in [0.15, 0.2) is 0 Å². The highest BCUT2D eigenvalue weighted by atomic mass is 35.5. The second-order valence-corrected chi connectivity index (χ2v) is 4.61. The smallest absolute Gasteiger partial charge is 0.324 e. The number of hydrogen-bond acceptors (Lipinski definition) is 3. The topological polar surface area (TPSA) is 59.8 Å². The lowest BCUT2D eigenvalue weighted by Crippen LogP contribution is -2.20. The summed E-state index contributed by atoms with van der Waals surface area (Å²) in [5.41, 5.74) is -0.848. The highest BCUT2D eigenvalue weighted by Gasteiger charge is 2.30. The molecule has 0 aliphatic carbocycles. The minimum Gasteiger partial charge on any atom is -0.324 e. The molecule has 0 fully saturated rings. The Morgan fingerprint density at radius 2 is 2.05 bits per heavy atom. The molecule has 0 bridgehead atoms. The third-order valence-corrected chi connectivity index (χ3v) is 2.81. The summed E-state index contributed by atoms with van der Waals surface area (Å²) in [6.45, 7) is -0.325. The van der Waals surface area contributed by atoms with Gasteiger partial charge >= 0.3 is 6.18 Å². The Kier molecular flexibility index (Phi) is 4.38. The number of nitrogens with one attached hydrogen (secondary N) is 1. The third kappa shape index (κ3) is 4.08. The molecule has 0 saturated carbocycles. The standard InChI is InChI=1S/C11H7Cl2F3N4O/c12-9-18-10(13)20(19-9)5-8(21)17-7-3-1-2-6(4-7)11(14,15)16/h1-4H,5H2,(H,17,21). The van der Waals surface area contributed by atoms with E-state index in [1.165, 1.54) is 12.1 Å². The van der Waals surface area contributed by atoms with E-state index in [0.717, 1.165) is 16.8 Å². The van der Waals surface area contributed by atoms with Crippen LogP contribution in [0.5, 0.6) is 0 Å². The summed E-state index contributed by atoms with van der Waals surface area (Å²) in [4.78, 5) is 15.3. The van der Waals surface area contributed by atoms with Gasteiger partial charge in [0.05, 0.1) is 5.56 Å². The molecule has 1 heterocycles. The van der Waals surface area contributed by atoms with Crippen LogP contribution in [0, 0.1) is 0 Å². The summed E-state index contributed by atoms with van der Waals surface area (Å²) in [7, 11) is 0. The zero-order valence-corrected chi connectivity index (χ0v) is 11.7. The van der Waals surface area contributed by atoms with E-state index in [-0.39, 0.29) is 22.8 Å². The summed E-state index contributed by atoms with van der Waals surface area (Å²) < 4.78 is 38.6. The van der Waals surface area contributed by atoms with E-state index in [1.807, 2.05) is 0 Å². The lowest BCUT2D eigenvalue weighted by atomic mass is 10.2. The minimum absolute atomic E-state index is 0.0113. The molecule has 1 N–H and O–H groups in total. The molecule has 5 nitrogen and oxygen atoms in total. The van der Waals surface area contributed by atoms with Gasteiger partial charge in [-0.3, -0.25) is 4.79 Å². The molecule has 0 radical (unpaired) electrons. The summed E-state index contributed by atoms with van der Waals surface area (Å²) in [5, 5.41) is 5.73. The van der Waals surface area contributed by atoms with Gasteiger partial charge in [0.25, 0.3) is 0 Å². The van der Waals surface area contributed by atoms with Crippen molar-refractivity contribution in [3.05, 3.63) is 40.4 Å². The monoisotopic (exact) mass is 338 g/mol. The van der Waals surface area contributed by atoms with Crippen LogP contribution in [-0.2, 0) is 17.5 Å². The molecule has 21 heavy (non-hydrogen) atoms.